The second kappa shape index (κ2) is 10.2. The molecule has 0 saturated heterocycles. The van der Waals surface area contributed by atoms with E-state index in [0.717, 1.165) is 18.4 Å². The number of nitrogens with one attached hydrogen (secondary N) is 1. The third-order valence-electron chi connectivity index (χ3n) is 4.49. The molecule has 0 fully saturated rings. The van der Waals surface area contributed by atoms with Crippen molar-refractivity contribution in [1.29, 1.82) is 0 Å². The van der Waals surface area contributed by atoms with E-state index in [4.69, 9.17) is 11.6 Å². The lowest BCUT2D eigenvalue weighted by Crippen LogP contribution is -2.33. The molecule has 4 nitrogen and oxygen atoms in total. The van der Waals surface area contributed by atoms with Gasteiger partial charge in [0.1, 0.15) is 0 Å². The van der Waals surface area contributed by atoms with Crippen LogP contribution in [0.4, 0.5) is 0 Å². The van der Waals surface area contributed by atoms with Crippen molar-refractivity contribution >= 4 is 23.4 Å². The minimum absolute atomic E-state index is 0.00114. The van der Waals surface area contributed by atoms with E-state index >= 15 is 0 Å². The van der Waals surface area contributed by atoms with Gasteiger partial charge in [0.15, 0.2) is 0 Å². The summed E-state index contributed by atoms with van der Waals surface area (Å²) in [5.74, 6) is -0.0334. The quantitative estimate of drug-likeness (QED) is 0.708. The van der Waals surface area contributed by atoms with E-state index in [1.807, 2.05) is 24.3 Å². The number of amides is 2. The average Bonchev–Trinajstić information content (AvgIpc) is 2.61. The Balaban J connectivity index is 1.72. The Kier molecular flexibility index (Phi) is 7.99. The molecule has 2 amide bonds. The molecule has 25 heavy (non-hydrogen) atoms. The Hall–Kier alpha value is -1.81. The zero-order valence-electron chi connectivity index (χ0n) is 14.9. The summed E-state index contributed by atoms with van der Waals surface area (Å²) in [7, 11) is 0. The molecule has 0 spiro atoms. The summed E-state index contributed by atoms with van der Waals surface area (Å²) < 4.78 is 0. The fourth-order valence-corrected chi connectivity index (χ4v) is 3.10. The van der Waals surface area contributed by atoms with Gasteiger partial charge in [-0.2, -0.15) is 0 Å². The minimum atomic E-state index is -0.0323. The predicted molar refractivity (Wildman–Crippen MR) is 101 cm³/mol. The van der Waals surface area contributed by atoms with Gasteiger partial charge in [0.25, 0.3) is 0 Å². The molecule has 0 bridgehead atoms. The van der Waals surface area contributed by atoms with Crippen LogP contribution in [0.1, 0.15) is 51.0 Å². The monoisotopic (exact) mass is 362 g/mol. The van der Waals surface area contributed by atoms with Crippen LogP contribution < -0.4 is 5.32 Å². The van der Waals surface area contributed by atoms with E-state index in [1.54, 1.807) is 4.90 Å². The van der Waals surface area contributed by atoms with E-state index in [2.05, 4.69) is 11.4 Å². The molecular weight excluding hydrogens is 336 g/mol. The maximum atomic E-state index is 12.0. The van der Waals surface area contributed by atoms with Crippen LogP contribution in [0.15, 0.2) is 35.9 Å². The molecule has 0 unspecified atom stereocenters. The normalized spacial score (nSPS) is 13.9. The fraction of sp³-hybridized carbons (Fsp3) is 0.500. The van der Waals surface area contributed by atoms with E-state index < -0.39 is 0 Å². The van der Waals surface area contributed by atoms with Crippen LogP contribution in [0.25, 0.3) is 0 Å². The van der Waals surface area contributed by atoms with Crippen molar-refractivity contribution in [3.05, 3.63) is 46.5 Å². The summed E-state index contributed by atoms with van der Waals surface area (Å²) in [6, 6.07) is 7.41. The number of carbonyl (C=O) groups excluding carboxylic acids is 2. The van der Waals surface area contributed by atoms with E-state index in [0.29, 0.717) is 31.1 Å². The smallest absolute Gasteiger partial charge is 0.221 e. The summed E-state index contributed by atoms with van der Waals surface area (Å²) in [4.78, 5) is 25.5. The number of hydrogen-bond donors (Lipinski definition) is 1. The number of carbonyl (C=O) groups is 2. The Morgan fingerprint density at radius 3 is 2.60 bits per heavy atom. The van der Waals surface area contributed by atoms with Crippen molar-refractivity contribution < 1.29 is 9.59 Å². The number of benzene rings is 1. The molecule has 5 heteroatoms. The third-order valence-corrected chi connectivity index (χ3v) is 4.75. The lowest BCUT2D eigenvalue weighted by molar-refractivity contribution is -0.130. The molecule has 136 valence electrons. The summed E-state index contributed by atoms with van der Waals surface area (Å²) in [6.07, 6.45) is 8.44. The van der Waals surface area contributed by atoms with Crippen molar-refractivity contribution in [3.63, 3.8) is 0 Å². The highest BCUT2D eigenvalue weighted by atomic mass is 35.5. The average molecular weight is 363 g/mol. The van der Waals surface area contributed by atoms with Gasteiger partial charge in [0.2, 0.25) is 11.8 Å². The first kappa shape index (κ1) is 19.5. The minimum Gasteiger partial charge on any atom is -0.356 e. The van der Waals surface area contributed by atoms with Gasteiger partial charge in [0.05, 0.1) is 0 Å². The number of rotatable bonds is 8. The molecule has 0 atom stereocenters. The second-order valence-electron chi connectivity index (χ2n) is 6.53. The standard InChI is InChI=1S/C20H27ClN2O2/c1-16(24)23(15-18-7-9-19(21)10-8-18)14-12-20(25)22-13-11-17-5-3-2-4-6-17/h5,7-10H,2-4,6,11-15H2,1H3,(H,22,25). The number of allylic oxidation sites excluding steroid dienone is 1. The van der Waals surface area contributed by atoms with Crippen LogP contribution in [0.2, 0.25) is 5.02 Å². The Morgan fingerprint density at radius 2 is 1.96 bits per heavy atom. The van der Waals surface area contributed by atoms with Gasteiger partial charge in [-0.25, -0.2) is 0 Å². The molecule has 1 aromatic rings. The first-order valence-electron chi connectivity index (χ1n) is 8.99. The van der Waals surface area contributed by atoms with Crippen LogP contribution in [0, 0.1) is 0 Å². The van der Waals surface area contributed by atoms with Gasteiger partial charge in [-0.15, -0.1) is 0 Å². The zero-order valence-corrected chi connectivity index (χ0v) is 15.6. The molecule has 0 aromatic heterocycles. The lowest BCUT2D eigenvalue weighted by atomic mass is 9.97. The van der Waals surface area contributed by atoms with Gasteiger partial charge < -0.3 is 10.2 Å². The molecule has 1 aliphatic carbocycles. The number of halogens is 1. The van der Waals surface area contributed by atoms with Crippen molar-refractivity contribution in [2.24, 2.45) is 0 Å². The molecule has 0 radical (unpaired) electrons. The predicted octanol–water partition coefficient (Wildman–Crippen LogP) is 4.09. The highest BCUT2D eigenvalue weighted by molar-refractivity contribution is 6.30. The second-order valence-corrected chi connectivity index (χ2v) is 6.96. The lowest BCUT2D eigenvalue weighted by Gasteiger charge is -2.21. The van der Waals surface area contributed by atoms with Crippen molar-refractivity contribution in [2.45, 2.75) is 52.0 Å². The first-order chi connectivity index (χ1) is 12.0. The van der Waals surface area contributed by atoms with Crippen LogP contribution >= 0.6 is 11.6 Å². The van der Waals surface area contributed by atoms with E-state index in [1.165, 1.54) is 31.8 Å². The largest absolute Gasteiger partial charge is 0.356 e. The van der Waals surface area contributed by atoms with Gasteiger partial charge in [0, 0.05) is 38.0 Å². The van der Waals surface area contributed by atoms with Crippen LogP contribution in [-0.2, 0) is 16.1 Å². The molecular formula is C20H27ClN2O2. The molecule has 0 aliphatic heterocycles. The topological polar surface area (TPSA) is 49.4 Å². The van der Waals surface area contributed by atoms with Crippen LogP contribution in [-0.4, -0.2) is 29.8 Å². The molecule has 1 N–H and O–H groups in total. The number of hydrogen-bond acceptors (Lipinski definition) is 2. The zero-order chi connectivity index (χ0) is 18.1. The molecule has 0 saturated carbocycles. The Bertz CT molecular complexity index is 611. The van der Waals surface area contributed by atoms with Crippen molar-refractivity contribution in [1.82, 2.24) is 10.2 Å². The fourth-order valence-electron chi connectivity index (χ4n) is 2.98. The van der Waals surface area contributed by atoms with E-state index in [-0.39, 0.29) is 11.8 Å². The maximum absolute atomic E-state index is 12.0. The summed E-state index contributed by atoms with van der Waals surface area (Å²) in [6.45, 7) is 3.13. The molecule has 0 heterocycles. The van der Waals surface area contributed by atoms with Gasteiger partial charge in [-0.1, -0.05) is 35.4 Å². The van der Waals surface area contributed by atoms with Gasteiger partial charge in [-0.3, -0.25) is 9.59 Å². The highest BCUT2D eigenvalue weighted by Crippen LogP contribution is 2.19. The van der Waals surface area contributed by atoms with Gasteiger partial charge >= 0.3 is 0 Å². The molecule has 1 aromatic carbocycles. The maximum Gasteiger partial charge on any atom is 0.221 e. The summed E-state index contributed by atoms with van der Waals surface area (Å²) in [5.41, 5.74) is 2.46. The number of nitrogens with zero attached hydrogens (tertiary/aromatic N) is 1. The SMILES string of the molecule is CC(=O)N(CCC(=O)NCCC1=CCCCC1)Cc1ccc(Cl)cc1. The Labute approximate surface area is 155 Å². The van der Waals surface area contributed by atoms with Crippen molar-refractivity contribution in [2.75, 3.05) is 13.1 Å². The van der Waals surface area contributed by atoms with Crippen molar-refractivity contribution in [3.8, 4) is 0 Å². The summed E-state index contributed by atoms with van der Waals surface area (Å²) >= 11 is 5.88. The molecule has 2 rings (SSSR count). The highest BCUT2D eigenvalue weighted by Gasteiger charge is 2.12. The van der Waals surface area contributed by atoms with Gasteiger partial charge in [-0.05, 0) is 49.8 Å². The molecule has 1 aliphatic rings. The Morgan fingerprint density at radius 1 is 1.20 bits per heavy atom. The van der Waals surface area contributed by atoms with Crippen LogP contribution in [0.3, 0.4) is 0 Å². The first-order valence-corrected chi connectivity index (χ1v) is 9.37. The third kappa shape index (κ3) is 7.30. The summed E-state index contributed by atoms with van der Waals surface area (Å²) in [5, 5.41) is 3.63. The van der Waals surface area contributed by atoms with E-state index in [9.17, 15) is 9.59 Å². The van der Waals surface area contributed by atoms with Crippen LogP contribution in [0.5, 0.6) is 0 Å².